The Labute approximate surface area is 153 Å². The number of unbranched alkanes of at least 4 members (excludes halogenated alkanes) is 9. The zero-order valence-corrected chi connectivity index (χ0v) is 17.0. The van der Waals surface area contributed by atoms with E-state index in [1.54, 1.807) is 6.92 Å². The number of hydrogen-bond acceptors (Lipinski definition) is 4. The van der Waals surface area contributed by atoms with Gasteiger partial charge in [-0.1, -0.05) is 71.6 Å². The average Bonchev–Trinajstić information content (AvgIpc) is 2.38. The van der Waals surface area contributed by atoms with Crippen LogP contribution in [0, 0.1) is 0 Å². The third-order valence-electron chi connectivity index (χ3n) is 3.62. The van der Waals surface area contributed by atoms with E-state index in [4.69, 9.17) is 0 Å². The average molecular weight is 329 g/mol. The molecule has 0 saturated heterocycles. The Bertz CT molecular complexity index is 310. The summed E-state index contributed by atoms with van der Waals surface area (Å²) in [5.41, 5.74) is 0. The van der Waals surface area contributed by atoms with Gasteiger partial charge < -0.3 is 9.87 Å². The van der Waals surface area contributed by atoms with Crippen LogP contribution in [0.2, 0.25) is 0 Å². The molecule has 6 heteroatoms. The molecule has 0 saturated carbocycles. The molecule has 21 heavy (non-hydrogen) atoms. The Morgan fingerprint density at radius 2 is 1.29 bits per heavy atom. The summed E-state index contributed by atoms with van der Waals surface area (Å²) in [6.45, 7) is 4.57. The summed E-state index contributed by atoms with van der Waals surface area (Å²) in [6, 6.07) is 0. The standard InChI is InChI=1S/C15H33NO3S.Na/c1-3-5-6-7-8-9-10-11-12-13-14-16-15(4-2)20(17,18)19;/h15-16H,3-14H2,1-2H3,(H,17,18,19);/q;+1/p-1. The first-order valence-corrected chi connectivity index (χ1v) is 9.67. The van der Waals surface area contributed by atoms with Gasteiger partial charge in [-0.3, -0.25) is 0 Å². The Morgan fingerprint density at radius 1 is 0.857 bits per heavy atom. The smallest absolute Gasteiger partial charge is 0.747 e. The molecule has 0 radical (unpaired) electrons. The fourth-order valence-corrected chi connectivity index (χ4v) is 3.06. The molecule has 0 heterocycles. The van der Waals surface area contributed by atoms with E-state index in [0.29, 0.717) is 13.0 Å². The summed E-state index contributed by atoms with van der Waals surface area (Å²) in [4.78, 5) is 0. The first-order valence-electron chi connectivity index (χ1n) is 8.20. The van der Waals surface area contributed by atoms with Crippen molar-refractivity contribution in [1.29, 1.82) is 0 Å². The van der Waals surface area contributed by atoms with Crippen LogP contribution >= 0.6 is 0 Å². The third kappa shape index (κ3) is 15.5. The van der Waals surface area contributed by atoms with Crippen LogP contribution in [-0.4, -0.2) is 24.9 Å². The van der Waals surface area contributed by atoms with Crippen molar-refractivity contribution in [3.63, 3.8) is 0 Å². The minimum Gasteiger partial charge on any atom is -0.747 e. The summed E-state index contributed by atoms with van der Waals surface area (Å²) < 4.78 is 32.6. The van der Waals surface area contributed by atoms with E-state index in [2.05, 4.69) is 12.2 Å². The van der Waals surface area contributed by atoms with Gasteiger partial charge in [0.05, 0.1) is 5.37 Å². The maximum absolute atomic E-state index is 10.9. The van der Waals surface area contributed by atoms with Crippen molar-refractivity contribution >= 4 is 10.1 Å². The Balaban J connectivity index is 0. The minimum atomic E-state index is -4.19. The van der Waals surface area contributed by atoms with Gasteiger partial charge in [0.25, 0.3) is 0 Å². The molecular formula is C15H32NNaO3S. The summed E-state index contributed by atoms with van der Waals surface area (Å²) in [7, 11) is -4.19. The van der Waals surface area contributed by atoms with Gasteiger partial charge in [0.2, 0.25) is 0 Å². The molecule has 1 atom stereocenters. The van der Waals surface area contributed by atoms with E-state index in [1.165, 1.54) is 51.4 Å². The predicted molar refractivity (Wildman–Crippen MR) is 83.6 cm³/mol. The molecular weight excluding hydrogens is 297 g/mol. The van der Waals surface area contributed by atoms with Crippen LogP contribution in [-0.2, 0) is 10.1 Å². The molecule has 0 bridgehead atoms. The van der Waals surface area contributed by atoms with Gasteiger partial charge in [-0.05, 0) is 19.4 Å². The van der Waals surface area contributed by atoms with Crippen LogP contribution in [0.25, 0.3) is 0 Å². The number of nitrogens with one attached hydrogen (secondary N) is 1. The van der Waals surface area contributed by atoms with E-state index in [0.717, 1.165) is 12.8 Å². The molecule has 0 aromatic rings. The van der Waals surface area contributed by atoms with Gasteiger partial charge in [0.1, 0.15) is 10.1 Å². The predicted octanol–water partition coefficient (Wildman–Crippen LogP) is 0.782. The summed E-state index contributed by atoms with van der Waals surface area (Å²) >= 11 is 0. The maximum Gasteiger partial charge on any atom is 1.00 e. The van der Waals surface area contributed by atoms with E-state index in [9.17, 15) is 13.0 Å². The first kappa shape index (κ1) is 24.1. The van der Waals surface area contributed by atoms with Gasteiger partial charge in [-0.15, -0.1) is 0 Å². The van der Waals surface area contributed by atoms with Crippen molar-refractivity contribution in [1.82, 2.24) is 5.32 Å². The molecule has 1 N–H and O–H groups in total. The van der Waals surface area contributed by atoms with Gasteiger partial charge >= 0.3 is 29.6 Å². The Kier molecular flexibility index (Phi) is 18.1. The second-order valence-corrected chi connectivity index (χ2v) is 7.08. The molecule has 4 nitrogen and oxygen atoms in total. The van der Waals surface area contributed by atoms with E-state index in [1.807, 2.05) is 0 Å². The molecule has 0 aromatic heterocycles. The molecule has 0 aliphatic carbocycles. The normalized spacial score (nSPS) is 12.9. The van der Waals surface area contributed by atoms with Crippen molar-refractivity contribution in [2.75, 3.05) is 6.54 Å². The van der Waals surface area contributed by atoms with Crippen LogP contribution in [0.4, 0.5) is 0 Å². The fourth-order valence-electron chi connectivity index (χ4n) is 2.33. The molecule has 0 aliphatic heterocycles. The van der Waals surface area contributed by atoms with E-state index < -0.39 is 15.5 Å². The second kappa shape index (κ2) is 15.8. The minimum absolute atomic E-state index is 0. The van der Waals surface area contributed by atoms with Gasteiger partial charge in [0.15, 0.2) is 0 Å². The maximum atomic E-state index is 10.9. The van der Waals surface area contributed by atoms with Crippen LogP contribution < -0.4 is 34.9 Å². The van der Waals surface area contributed by atoms with E-state index in [-0.39, 0.29) is 29.6 Å². The molecule has 0 aliphatic rings. The van der Waals surface area contributed by atoms with Crippen molar-refractivity contribution in [2.24, 2.45) is 0 Å². The molecule has 0 spiro atoms. The SMILES string of the molecule is CCCCCCCCCCCCNC(CC)S(=O)(=O)[O-].[Na+]. The molecule has 0 rings (SSSR count). The van der Waals surface area contributed by atoms with Crippen LogP contribution in [0.15, 0.2) is 0 Å². The van der Waals surface area contributed by atoms with Crippen LogP contribution in [0.3, 0.4) is 0 Å². The molecule has 0 fully saturated rings. The quantitative estimate of drug-likeness (QED) is 0.290. The van der Waals surface area contributed by atoms with Crippen molar-refractivity contribution in [3.8, 4) is 0 Å². The van der Waals surface area contributed by atoms with Gasteiger partial charge in [-0.2, -0.15) is 0 Å². The van der Waals surface area contributed by atoms with Crippen molar-refractivity contribution < 1.29 is 42.5 Å². The zero-order chi connectivity index (χ0) is 15.3. The van der Waals surface area contributed by atoms with Crippen LogP contribution in [0.1, 0.15) is 84.5 Å². The number of hydrogen-bond donors (Lipinski definition) is 1. The van der Waals surface area contributed by atoms with Crippen LogP contribution in [0.5, 0.6) is 0 Å². The number of rotatable bonds is 14. The molecule has 122 valence electrons. The second-order valence-electron chi connectivity index (χ2n) is 5.53. The fraction of sp³-hybridized carbons (Fsp3) is 1.00. The topological polar surface area (TPSA) is 69.2 Å². The van der Waals surface area contributed by atoms with Gasteiger partial charge in [0, 0.05) is 0 Å². The van der Waals surface area contributed by atoms with Gasteiger partial charge in [-0.25, -0.2) is 8.42 Å². The zero-order valence-electron chi connectivity index (χ0n) is 14.2. The van der Waals surface area contributed by atoms with E-state index >= 15 is 0 Å². The van der Waals surface area contributed by atoms with Crippen molar-refractivity contribution in [2.45, 2.75) is 89.9 Å². The monoisotopic (exact) mass is 329 g/mol. The Morgan fingerprint density at radius 3 is 1.67 bits per heavy atom. The molecule has 0 amide bonds. The summed E-state index contributed by atoms with van der Waals surface area (Å²) in [5.74, 6) is 0. The third-order valence-corrected chi connectivity index (χ3v) is 4.82. The van der Waals surface area contributed by atoms with Crippen molar-refractivity contribution in [3.05, 3.63) is 0 Å². The molecule has 1 unspecified atom stereocenters. The summed E-state index contributed by atoms with van der Waals surface area (Å²) in [5, 5.41) is 1.92. The largest absolute Gasteiger partial charge is 1.00 e. The first-order chi connectivity index (χ1) is 9.52. The molecule has 0 aromatic carbocycles. The summed E-state index contributed by atoms with van der Waals surface area (Å²) in [6.07, 6.45) is 12.9. The Hall–Kier alpha value is 0.870.